The molecule has 0 unspecified atom stereocenters. The molecule has 0 radical (unpaired) electrons. The van der Waals surface area contributed by atoms with Gasteiger partial charge in [-0.15, -0.1) is 0 Å². The monoisotopic (exact) mass is 345 g/mol. The molecule has 1 aromatic carbocycles. The Hall–Kier alpha value is -2.87. The number of aliphatic hydroxyl groups is 1. The van der Waals surface area contributed by atoms with Crippen LogP contribution in [0, 0.1) is 0 Å². The van der Waals surface area contributed by atoms with Crippen LogP contribution in [-0.4, -0.2) is 26.8 Å². The normalized spacial score (nSPS) is 11.6. The van der Waals surface area contributed by atoms with Gasteiger partial charge in [-0.3, -0.25) is 24.7 Å². The van der Waals surface area contributed by atoms with Gasteiger partial charge in [0.05, 0.1) is 4.91 Å². The van der Waals surface area contributed by atoms with Gasteiger partial charge in [-0.05, 0) is 19.1 Å². The third-order valence-electron chi connectivity index (χ3n) is 2.78. The van der Waals surface area contributed by atoms with Gasteiger partial charge in [0, 0.05) is 17.9 Å². The number of hydrogen-bond acceptors (Lipinski definition) is 6. The molecule has 2 rings (SSSR count). The highest BCUT2D eigenvalue weighted by Crippen LogP contribution is 2.31. The molecule has 0 aliphatic rings. The molecule has 8 heteroatoms. The van der Waals surface area contributed by atoms with Crippen LogP contribution in [-0.2, 0) is 9.59 Å². The number of thioether (sulfide) groups is 1. The minimum absolute atomic E-state index is 0.0491. The first-order valence-electron chi connectivity index (χ1n) is 6.93. The van der Waals surface area contributed by atoms with Crippen LogP contribution in [0.4, 0.5) is 5.95 Å². The average molecular weight is 345 g/mol. The zero-order valence-corrected chi connectivity index (χ0v) is 13.8. The number of H-pyrrole nitrogens is 1. The molecule has 0 saturated carbocycles. The second-order valence-electron chi connectivity index (χ2n) is 4.81. The Morgan fingerprint density at radius 3 is 2.46 bits per heavy atom. The van der Waals surface area contributed by atoms with E-state index >= 15 is 0 Å². The molecule has 1 amide bonds. The molecular weight excluding hydrogens is 330 g/mol. The zero-order chi connectivity index (χ0) is 17.7. The summed E-state index contributed by atoms with van der Waals surface area (Å²) in [4.78, 5) is 41.7. The Balaban J connectivity index is 2.47. The number of rotatable bonds is 5. The summed E-state index contributed by atoms with van der Waals surface area (Å²) >= 11 is 1.07. The molecule has 0 atom stereocenters. The van der Waals surface area contributed by atoms with Crippen LogP contribution in [0.25, 0.3) is 5.76 Å². The Morgan fingerprint density at radius 2 is 1.88 bits per heavy atom. The maximum atomic E-state index is 11.9. The van der Waals surface area contributed by atoms with Crippen molar-refractivity contribution in [3.05, 3.63) is 57.4 Å². The van der Waals surface area contributed by atoms with E-state index in [9.17, 15) is 19.5 Å². The molecule has 0 saturated heterocycles. The number of nitrogens with zero attached hydrogens (tertiary/aromatic N) is 1. The number of anilines is 1. The molecule has 124 valence electrons. The van der Waals surface area contributed by atoms with Crippen LogP contribution >= 0.6 is 11.8 Å². The lowest BCUT2D eigenvalue weighted by Gasteiger charge is -2.09. The third-order valence-corrected chi connectivity index (χ3v) is 3.97. The summed E-state index contributed by atoms with van der Waals surface area (Å²) in [5, 5.41) is 12.7. The van der Waals surface area contributed by atoms with E-state index in [-0.39, 0.29) is 22.3 Å². The fraction of sp³-hybridized carbons (Fsp3) is 0.125. The van der Waals surface area contributed by atoms with E-state index in [2.05, 4.69) is 15.3 Å². The molecule has 1 aromatic heterocycles. The number of ketones is 1. The molecule has 0 spiro atoms. The van der Waals surface area contributed by atoms with Crippen molar-refractivity contribution in [3.8, 4) is 0 Å². The van der Waals surface area contributed by atoms with Crippen molar-refractivity contribution < 1.29 is 14.7 Å². The van der Waals surface area contributed by atoms with E-state index in [4.69, 9.17) is 0 Å². The van der Waals surface area contributed by atoms with E-state index in [0.29, 0.717) is 0 Å². The lowest BCUT2D eigenvalue weighted by Crippen LogP contribution is -2.17. The largest absolute Gasteiger partial charge is 0.504 e. The second-order valence-corrected chi connectivity index (χ2v) is 5.89. The molecule has 2 aromatic rings. The van der Waals surface area contributed by atoms with Crippen LogP contribution in [0.3, 0.4) is 0 Å². The van der Waals surface area contributed by atoms with Gasteiger partial charge in [-0.2, -0.15) is 0 Å². The summed E-state index contributed by atoms with van der Waals surface area (Å²) in [6, 6.07) is 10.1. The predicted molar refractivity (Wildman–Crippen MR) is 91.7 cm³/mol. The molecular formula is C16H15N3O4S. The minimum atomic E-state index is -0.567. The van der Waals surface area contributed by atoms with E-state index in [1.54, 1.807) is 24.3 Å². The quantitative estimate of drug-likeness (QED) is 0.436. The molecule has 7 nitrogen and oxygen atoms in total. The van der Waals surface area contributed by atoms with Crippen molar-refractivity contribution in [2.75, 3.05) is 5.32 Å². The Bertz CT molecular complexity index is 859. The first-order chi connectivity index (χ1) is 11.4. The number of allylic oxidation sites excluding steroid dienone is 1. The molecule has 0 bridgehead atoms. The number of benzene rings is 1. The van der Waals surface area contributed by atoms with E-state index in [0.717, 1.165) is 22.7 Å². The maximum absolute atomic E-state index is 11.9. The van der Waals surface area contributed by atoms with Gasteiger partial charge in [-0.25, -0.2) is 4.98 Å². The molecule has 3 N–H and O–H groups in total. The van der Waals surface area contributed by atoms with Gasteiger partial charge in [0.25, 0.3) is 5.56 Å². The van der Waals surface area contributed by atoms with Gasteiger partial charge in [0.15, 0.2) is 11.5 Å². The third kappa shape index (κ3) is 4.56. The predicted octanol–water partition coefficient (Wildman–Crippen LogP) is 2.34. The number of aromatic nitrogens is 2. The molecule has 0 fully saturated rings. The van der Waals surface area contributed by atoms with E-state index in [1.807, 2.05) is 6.07 Å². The van der Waals surface area contributed by atoms with E-state index in [1.165, 1.54) is 13.8 Å². The van der Waals surface area contributed by atoms with E-state index < -0.39 is 17.2 Å². The van der Waals surface area contributed by atoms with Gasteiger partial charge in [-0.1, -0.05) is 30.0 Å². The van der Waals surface area contributed by atoms with Crippen molar-refractivity contribution in [3.63, 3.8) is 0 Å². The van der Waals surface area contributed by atoms with Crippen LogP contribution in [0.2, 0.25) is 0 Å². The van der Waals surface area contributed by atoms with Gasteiger partial charge >= 0.3 is 0 Å². The van der Waals surface area contributed by atoms with Gasteiger partial charge in [0.1, 0.15) is 5.69 Å². The van der Waals surface area contributed by atoms with Gasteiger partial charge in [0.2, 0.25) is 11.9 Å². The minimum Gasteiger partial charge on any atom is -0.504 e. The first-order valence-corrected chi connectivity index (χ1v) is 7.75. The number of aliphatic hydroxyl groups excluding tert-OH is 1. The highest BCUT2D eigenvalue weighted by molar-refractivity contribution is 8.04. The number of hydrogen-bond donors (Lipinski definition) is 3. The van der Waals surface area contributed by atoms with Crippen molar-refractivity contribution >= 4 is 35.2 Å². The fourth-order valence-electron chi connectivity index (χ4n) is 1.81. The Morgan fingerprint density at radius 1 is 1.21 bits per heavy atom. The van der Waals surface area contributed by atoms with Crippen LogP contribution < -0.4 is 10.9 Å². The zero-order valence-electron chi connectivity index (χ0n) is 13.0. The van der Waals surface area contributed by atoms with Crippen LogP contribution in [0.1, 0.15) is 19.5 Å². The number of aromatic amines is 1. The summed E-state index contributed by atoms with van der Waals surface area (Å²) in [7, 11) is 0. The molecule has 0 aliphatic heterocycles. The maximum Gasteiger partial charge on any atom is 0.252 e. The van der Waals surface area contributed by atoms with Crippen molar-refractivity contribution in [2.24, 2.45) is 0 Å². The molecule has 0 aliphatic carbocycles. The summed E-state index contributed by atoms with van der Waals surface area (Å²) in [6.07, 6.45) is 0. The van der Waals surface area contributed by atoms with Crippen molar-refractivity contribution in [2.45, 2.75) is 18.7 Å². The number of carbonyl (C=O) groups is 2. The molecule has 1 heterocycles. The lowest BCUT2D eigenvalue weighted by atomic mass is 10.2. The Kier molecular flexibility index (Phi) is 5.54. The summed E-state index contributed by atoms with van der Waals surface area (Å²) in [6.45, 7) is 2.57. The SMILES string of the molecule is CC(=O)Nc1nc(C(O)=C(Sc2ccccc2)C(C)=O)cc(=O)[nH]1. The topological polar surface area (TPSA) is 112 Å². The summed E-state index contributed by atoms with van der Waals surface area (Å²) < 4.78 is 0. The number of Topliss-reactive ketones (excluding diaryl/α,β-unsaturated/α-hetero) is 1. The summed E-state index contributed by atoms with van der Waals surface area (Å²) in [5.41, 5.74) is -0.668. The second kappa shape index (κ2) is 7.60. The smallest absolute Gasteiger partial charge is 0.252 e. The average Bonchev–Trinajstić information content (AvgIpc) is 2.51. The van der Waals surface area contributed by atoms with Crippen molar-refractivity contribution in [1.82, 2.24) is 9.97 Å². The van der Waals surface area contributed by atoms with Crippen molar-refractivity contribution in [1.29, 1.82) is 0 Å². The van der Waals surface area contributed by atoms with Gasteiger partial charge < -0.3 is 5.11 Å². The number of carbonyl (C=O) groups excluding carboxylic acids is 2. The first kappa shape index (κ1) is 17.5. The Labute approximate surface area is 141 Å². The van der Waals surface area contributed by atoms with Crippen LogP contribution in [0.5, 0.6) is 0 Å². The summed E-state index contributed by atoms with van der Waals surface area (Å²) in [5.74, 6) is -1.33. The number of amides is 1. The lowest BCUT2D eigenvalue weighted by molar-refractivity contribution is -0.114. The molecule has 24 heavy (non-hydrogen) atoms. The fourth-order valence-corrected chi connectivity index (χ4v) is 2.69. The number of nitrogens with one attached hydrogen (secondary N) is 2. The highest BCUT2D eigenvalue weighted by atomic mass is 32.2. The standard InChI is InChI=1S/C16H15N3O4S/c1-9(20)15(24-11-6-4-3-5-7-11)14(23)12-8-13(22)19-16(18-12)17-10(2)21/h3-8,23H,1-2H3,(H2,17,18,19,21,22). The highest BCUT2D eigenvalue weighted by Gasteiger charge is 2.17. The van der Waals surface area contributed by atoms with Crippen LogP contribution in [0.15, 0.2) is 51.0 Å².